The number of thiophene rings is 1. The molecule has 0 fully saturated rings. The number of nitrogens with one attached hydrogen (secondary N) is 1. The van der Waals surface area contributed by atoms with E-state index < -0.39 is 0 Å². The second-order valence-electron chi connectivity index (χ2n) is 5.20. The maximum absolute atomic E-state index is 12.2. The van der Waals surface area contributed by atoms with E-state index in [1.807, 2.05) is 11.8 Å². The Morgan fingerprint density at radius 2 is 2.35 bits per heavy atom. The lowest BCUT2D eigenvalue weighted by Gasteiger charge is -2.15. The number of carbonyl (C=O) groups is 1. The van der Waals surface area contributed by atoms with Crippen LogP contribution in [-0.2, 0) is 12.2 Å². The van der Waals surface area contributed by atoms with Gasteiger partial charge in [0.2, 0.25) is 0 Å². The molecule has 0 bridgehead atoms. The van der Waals surface area contributed by atoms with Gasteiger partial charge in [0.15, 0.2) is 0 Å². The highest BCUT2D eigenvalue weighted by Gasteiger charge is 2.18. The van der Waals surface area contributed by atoms with Crippen LogP contribution < -0.4 is 5.32 Å². The Balaban J connectivity index is 1.89. The SMILES string of the molecule is CCCC(CCCl)CNC(=O)c1cc2c(s1)CCSC2. The summed E-state index contributed by atoms with van der Waals surface area (Å²) in [7, 11) is 0. The van der Waals surface area contributed by atoms with Crippen LogP contribution in [0.25, 0.3) is 0 Å². The number of fused-ring (bicyclic) bond motifs is 1. The van der Waals surface area contributed by atoms with Crippen molar-refractivity contribution in [1.29, 1.82) is 0 Å². The average molecular weight is 332 g/mol. The molecule has 1 aromatic heterocycles. The lowest BCUT2D eigenvalue weighted by atomic mass is 10.0. The molecule has 2 rings (SSSR count). The predicted molar refractivity (Wildman–Crippen MR) is 90.3 cm³/mol. The molecule has 112 valence electrons. The van der Waals surface area contributed by atoms with E-state index in [2.05, 4.69) is 18.3 Å². The number of carbonyl (C=O) groups excluding carboxylic acids is 1. The molecule has 2 heterocycles. The van der Waals surface area contributed by atoms with Crippen LogP contribution in [0.4, 0.5) is 0 Å². The topological polar surface area (TPSA) is 29.1 Å². The van der Waals surface area contributed by atoms with Gasteiger partial charge in [-0.05, 0) is 42.6 Å². The number of hydrogen-bond acceptors (Lipinski definition) is 3. The Morgan fingerprint density at radius 3 is 3.05 bits per heavy atom. The first-order valence-corrected chi connectivity index (χ1v) is 9.78. The third-order valence-electron chi connectivity index (χ3n) is 3.62. The zero-order valence-corrected chi connectivity index (χ0v) is 14.3. The highest BCUT2D eigenvalue weighted by Crippen LogP contribution is 2.31. The first kappa shape index (κ1) is 16.2. The maximum atomic E-state index is 12.2. The number of halogens is 1. The van der Waals surface area contributed by atoms with Gasteiger partial charge in [0, 0.05) is 23.1 Å². The minimum absolute atomic E-state index is 0.0880. The van der Waals surface area contributed by atoms with Crippen molar-refractivity contribution in [2.24, 2.45) is 5.92 Å². The van der Waals surface area contributed by atoms with Gasteiger partial charge in [0.05, 0.1) is 4.88 Å². The largest absolute Gasteiger partial charge is 0.351 e. The molecule has 5 heteroatoms. The fourth-order valence-corrected chi connectivity index (χ4v) is 5.09. The Labute approximate surface area is 134 Å². The van der Waals surface area contributed by atoms with Crippen molar-refractivity contribution < 1.29 is 4.79 Å². The van der Waals surface area contributed by atoms with Gasteiger partial charge in [0.1, 0.15) is 0 Å². The number of rotatable bonds is 7. The van der Waals surface area contributed by atoms with Gasteiger partial charge in [-0.15, -0.1) is 22.9 Å². The Morgan fingerprint density at radius 1 is 1.50 bits per heavy atom. The van der Waals surface area contributed by atoms with Crippen LogP contribution in [-0.4, -0.2) is 24.1 Å². The van der Waals surface area contributed by atoms with Crippen LogP contribution in [0.1, 0.15) is 46.3 Å². The molecule has 0 saturated carbocycles. The molecule has 20 heavy (non-hydrogen) atoms. The number of hydrogen-bond donors (Lipinski definition) is 1. The van der Waals surface area contributed by atoms with Gasteiger partial charge in [-0.25, -0.2) is 0 Å². The summed E-state index contributed by atoms with van der Waals surface area (Å²) in [4.78, 5) is 14.5. The molecule has 0 spiro atoms. The van der Waals surface area contributed by atoms with Crippen molar-refractivity contribution in [3.05, 3.63) is 21.4 Å². The van der Waals surface area contributed by atoms with Crippen LogP contribution >= 0.6 is 34.7 Å². The summed E-state index contributed by atoms with van der Waals surface area (Å²) in [6.45, 7) is 2.92. The van der Waals surface area contributed by atoms with Crippen LogP contribution in [0, 0.1) is 5.92 Å². The van der Waals surface area contributed by atoms with Crippen molar-refractivity contribution in [2.45, 2.75) is 38.4 Å². The van der Waals surface area contributed by atoms with Gasteiger partial charge in [-0.3, -0.25) is 4.79 Å². The van der Waals surface area contributed by atoms with E-state index in [-0.39, 0.29) is 5.91 Å². The van der Waals surface area contributed by atoms with Crippen molar-refractivity contribution in [3.63, 3.8) is 0 Å². The van der Waals surface area contributed by atoms with Gasteiger partial charge < -0.3 is 5.32 Å². The van der Waals surface area contributed by atoms with Crippen molar-refractivity contribution >= 4 is 40.6 Å². The quantitative estimate of drug-likeness (QED) is 0.754. The zero-order chi connectivity index (χ0) is 14.4. The van der Waals surface area contributed by atoms with E-state index in [0.29, 0.717) is 11.8 Å². The summed E-state index contributed by atoms with van der Waals surface area (Å²) in [5, 5.41) is 3.08. The predicted octanol–water partition coefficient (Wildman–Crippen LogP) is 4.31. The van der Waals surface area contributed by atoms with E-state index in [1.165, 1.54) is 16.2 Å². The molecule has 2 nitrogen and oxygen atoms in total. The van der Waals surface area contributed by atoms with Crippen LogP contribution in [0.2, 0.25) is 0 Å². The molecule has 1 amide bonds. The fraction of sp³-hybridized carbons (Fsp3) is 0.667. The van der Waals surface area contributed by atoms with Crippen molar-refractivity contribution in [3.8, 4) is 0 Å². The van der Waals surface area contributed by atoms with Gasteiger partial charge in [-0.2, -0.15) is 11.8 Å². The van der Waals surface area contributed by atoms with Crippen LogP contribution in [0.3, 0.4) is 0 Å². The Bertz CT molecular complexity index is 418. The monoisotopic (exact) mass is 331 g/mol. The molecular formula is C15H22ClNOS2. The highest BCUT2D eigenvalue weighted by atomic mass is 35.5. The summed E-state index contributed by atoms with van der Waals surface area (Å²) in [6.07, 6.45) is 4.36. The van der Waals surface area contributed by atoms with Gasteiger partial charge in [-0.1, -0.05) is 13.3 Å². The van der Waals surface area contributed by atoms with E-state index in [9.17, 15) is 4.79 Å². The summed E-state index contributed by atoms with van der Waals surface area (Å²) in [5.74, 6) is 3.51. The number of aryl methyl sites for hydroxylation is 1. The van der Waals surface area contributed by atoms with E-state index in [0.717, 1.165) is 42.9 Å². The van der Waals surface area contributed by atoms with E-state index in [4.69, 9.17) is 11.6 Å². The van der Waals surface area contributed by atoms with E-state index in [1.54, 1.807) is 11.3 Å². The third-order valence-corrected chi connectivity index (χ3v) is 6.08. The lowest BCUT2D eigenvalue weighted by Crippen LogP contribution is -2.29. The van der Waals surface area contributed by atoms with Gasteiger partial charge in [0.25, 0.3) is 5.91 Å². The third kappa shape index (κ3) is 4.40. The Kier molecular flexibility index (Phi) is 6.72. The van der Waals surface area contributed by atoms with Crippen LogP contribution in [0.15, 0.2) is 6.07 Å². The summed E-state index contributed by atoms with van der Waals surface area (Å²) < 4.78 is 0. The highest BCUT2D eigenvalue weighted by molar-refractivity contribution is 7.98. The average Bonchev–Trinajstić information content (AvgIpc) is 2.89. The number of thioether (sulfide) groups is 1. The number of alkyl halides is 1. The summed E-state index contributed by atoms with van der Waals surface area (Å²) in [6, 6.07) is 2.08. The Hall–Kier alpha value is -0.190. The molecule has 0 radical (unpaired) electrons. The van der Waals surface area contributed by atoms with E-state index >= 15 is 0 Å². The van der Waals surface area contributed by atoms with Gasteiger partial charge >= 0.3 is 0 Å². The van der Waals surface area contributed by atoms with Crippen molar-refractivity contribution in [1.82, 2.24) is 5.32 Å². The second kappa shape index (κ2) is 8.30. The summed E-state index contributed by atoms with van der Waals surface area (Å²) >= 11 is 9.44. The first-order chi connectivity index (χ1) is 9.74. The molecule has 1 aliphatic heterocycles. The molecule has 1 aromatic rings. The zero-order valence-electron chi connectivity index (χ0n) is 11.9. The first-order valence-electron chi connectivity index (χ1n) is 7.28. The van der Waals surface area contributed by atoms with Crippen molar-refractivity contribution in [2.75, 3.05) is 18.2 Å². The molecule has 1 aliphatic rings. The molecule has 0 aliphatic carbocycles. The molecule has 0 saturated heterocycles. The molecule has 1 N–H and O–H groups in total. The minimum Gasteiger partial charge on any atom is -0.351 e. The minimum atomic E-state index is 0.0880. The maximum Gasteiger partial charge on any atom is 0.261 e. The molecule has 1 atom stereocenters. The lowest BCUT2D eigenvalue weighted by molar-refractivity contribution is 0.0950. The van der Waals surface area contributed by atoms with Crippen LogP contribution in [0.5, 0.6) is 0 Å². The fourth-order valence-electron chi connectivity index (χ4n) is 2.49. The smallest absolute Gasteiger partial charge is 0.261 e. The standard InChI is InChI=1S/C15H22ClNOS2/c1-2-3-11(4-6-16)9-17-15(18)14-8-12-10-19-7-5-13(12)20-14/h8,11H,2-7,9-10H2,1H3,(H,17,18). The molecule has 0 aromatic carbocycles. The second-order valence-corrected chi connectivity index (χ2v) is 7.82. The number of amides is 1. The normalized spacial score (nSPS) is 15.7. The molecule has 1 unspecified atom stereocenters. The molecular weight excluding hydrogens is 310 g/mol. The summed E-state index contributed by atoms with van der Waals surface area (Å²) in [5.41, 5.74) is 1.36.